The van der Waals surface area contributed by atoms with E-state index in [1.165, 1.54) is 6.33 Å². The third-order valence-electron chi connectivity index (χ3n) is 2.02. The number of carbonyl (C=O) groups is 1. The zero-order chi connectivity index (χ0) is 12.7. The van der Waals surface area contributed by atoms with Crippen LogP contribution in [0, 0.1) is 0 Å². The van der Waals surface area contributed by atoms with Crippen LogP contribution < -0.4 is 10.2 Å². The van der Waals surface area contributed by atoms with E-state index in [0.717, 1.165) is 0 Å². The molecule has 0 aliphatic heterocycles. The van der Waals surface area contributed by atoms with Gasteiger partial charge in [-0.3, -0.25) is 4.79 Å². The molecule has 0 saturated carbocycles. The Bertz CT molecular complexity index is 375. The van der Waals surface area contributed by atoms with E-state index >= 15 is 0 Å². The van der Waals surface area contributed by atoms with Crippen LogP contribution in [0.3, 0.4) is 0 Å². The Balaban J connectivity index is 2.43. The minimum Gasteiger partial charge on any atom is -0.383 e. The minimum atomic E-state index is -0.0979. The number of methoxy groups -OCH3 is 1. The number of likely N-dealkylation sites (N-methyl/N-ethyl adjacent to an activating group) is 1. The standard InChI is InChI=1S/C10H15ClN4O2/c1-15(6-10(16)12-3-4-17-2)9-5-8(11)13-7-14-9/h5,7H,3-4,6H2,1-2H3,(H,12,16). The topological polar surface area (TPSA) is 67.3 Å². The quantitative estimate of drug-likeness (QED) is 0.588. The maximum atomic E-state index is 11.5. The summed E-state index contributed by atoms with van der Waals surface area (Å²) in [7, 11) is 3.34. The molecule has 1 aromatic rings. The predicted octanol–water partition coefficient (Wildman–Crippen LogP) is 0.329. The molecule has 0 aliphatic carbocycles. The van der Waals surface area contributed by atoms with Crippen molar-refractivity contribution >= 4 is 23.3 Å². The number of hydrogen-bond acceptors (Lipinski definition) is 5. The Morgan fingerprint density at radius 1 is 1.59 bits per heavy atom. The lowest BCUT2D eigenvalue weighted by molar-refractivity contribution is -0.119. The Kier molecular flexibility index (Phi) is 5.65. The predicted molar refractivity (Wildman–Crippen MR) is 65.2 cm³/mol. The lowest BCUT2D eigenvalue weighted by Crippen LogP contribution is -2.37. The first-order valence-corrected chi connectivity index (χ1v) is 5.45. The molecule has 1 rings (SSSR count). The molecule has 94 valence electrons. The second kappa shape index (κ2) is 7.03. The molecule has 0 atom stereocenters. The van der Waals surface area contributed by atoms with E-state index in [2.05, 4.69) is 15.3 Å². The van der Waals surface area contributed by atoms with Gasteiger partial charge in [0, 0.05) is 26.8 Å². The largest absolute Gasteiger partial charge is 0.383 e. The van der Waals surface area contributed by atoms with Crippen LogP contribution in [-0.4, -0.2) is 49.7 Å². The van der Waals surface area contributed by atoms with Crippen molar-refractivity contribution in [2.45, 2.75) is 0 Å². The van der Waals surface area contributed by atoms with Crippen LogP contribution in [0.5, 0.6) is 0 Å². The highest BCUT2D eigenvalue weighted by molar-refractivity contribution is 6.29. The van der Waals surface area contributed by atoms with E-state index < -0.39 is 0 Å². The number of nitrogens with zero attached hydrogens (tertiary/aromatic N) is 3. The number of amides is 1. The van der Waals surface area contributed by atoms with Crippen molar-refractivity contribution in [2.75, 3.05) is 38.8 Å². The smallest absolute Gasteiger partial charge is 0.239 e. The fraction of sp³-hybridized carbons (Fsp3) is 0.500. The van der Waals surface area contributed by atoms with E-state index in [1.54, 1.807) is 25.1 Å². The zero-order valence-corrected chi connectivity index (χ0v) is 10.6. The van der Waals surface area contributed by atoms with Gasteiger partial charge < -0.3 is 15.0 Å². The number of halogens is 1. The van der Waals surface area contributed by atoms with Gasteiger partial charge in [-0.05, 0) is 0 Å². The van der Waals surface area contributed by atoms with Gasteiger partial charge in [0.05, 0.1) is 13.2 Å². The number of hydrogen-bond donors (Lipinski definition) is 1. The molecule has 0 spiro atoms. The number of nitrogens with one attached hydrogen (secondary N) is 1. The maximum Gasteiger partial charge on any atom is 0.239 e. The summed E-state index contributed by atoms with van der Waals surface area (Å²) in [6.45, 7) is 1.19. The van der Waals surface area contributed by atoms with Crippen molar-refractivity contribution in [1.29, 1.82) is 0 Å². The summed E-state index contributed by atoms with van der Waals surface area (Å²) in [5.74, 6) is 0.506. The number of aromatic nitrogens is 2. The Morgan fingerprint density at radius 3 is 3.00 bits per heavy atom. The molecule has 0 radical (unpaired) electrons. The van der Waals surface area contributed by atoms with Crippen molar-refractivity contribution in [3.63, 3.8) is 0 Å². The van der Waals surface area contributed by atoms with Gasteiger partial charge in [0.2, 0.25) is 5.91 Å². The average Bonchev–Trinajstić information content (AvgIpc) is 2.29. The van der Waals surface area contributed by atoms with E-state index in [-0.39, 0.29) is 12.5 Å². The van der Waals surface area contributed by atoms with Gasteiger partial charge >= 0.3 is 0 Å². The second-order valence-corrected chi connectivity index (χ2v) is 3.78. The lowest BCUT2D eigenvalue weighted by atomic mass is 10.4. The molecule has 1 aromatic heterocycles. The summed E-state index contributed by atoms with van der Waals surface area (Å²) >= 11 is 5.73. The Morgan fingerprint density at radius 2 is 2.35 bits per heavy atom. The van der Waals surface area contributed by atoms with Crippen molar-refractivity contribution in [1.82, 2.24) is 15.3 Å². The van der Waals surface area contributed by atoms with E-state index in [0.29, 0.717) is 24.1 Å². The first-order valence-electron chi connectivity index (χ1n) is 5.08. The van der Waals surface area contributed by atoms with Gasteiger partial charge in [-0.15, -0.1) is 0 Å². The zero-order valence-electron chi connectivity index (χ0n) is 9.81. The molecule has 17 heavy (non-hydrogen) atoms. The number of carbonyl (C=O) groups excluding carboxylic acids is 1. The van der Waals surface area contributed by atoms with Gasteiger partial charge in [0.25, 0.3) is 0 Å². The summed E-state index contributed by atoms with van der Waals surface area (Å²) in [6.07, 6.45) is 1.36. The van der Waals surface area contributed by atoms with E-state index in [9.17, 15) is 4.79 Å². The molecule has 6 nitrogen and oxygen atoms in total. The van der Waals surface area contributed by atoms with Crippen LogP contribution in [0.15, 0.2) is 12.4 Å². The Labute approximate surface area is 105 Å². The van der Waals surface area contributed by atoms with Crippen LogP contribution >= 0.6 is 11.6 Å². The number of rotatable bonds is 6. The van der Waals surface area contributed by atoms with Crippen molar-refractivity contribution in [3.8, 4) is 0 Å². The molecular weight excluding hydrogens is 244 g/mol. The number of ether oxygens (including phenoxy) is 1. The Hall–Kier alpha value is -1.40. The molecule has 1 N–H and O–H groups in total. The van der Waals surface area contributed by atoms with Gasteiger partial charge in [0.15, 0.2) is 0 Å². The molecule has 1 amide bonds. The van der Waals surface area contributed by atoms with Crippen LogP contribution in [-0.2, 0) is 9.53 Å². The highest BCUT2D eigenvalue weighted by Gasteiger charge is 2.08. The SMILES string of the molecule is COCCNC(=O)CN(C)c1cc(Cl)ncn1. The van der Waals surface area contributed by atoms with Crippen LogP contribution in [0.1, 0.15) is 0 Å². The average molecular weight is 259 g/mol. The van der Waals surface area contributed by atoms with Crippen molar-refractivity contribution < 1.29 is 9.53 Å². The number of anilines is 1. The molecular formula is C10H15ClN4O2. The first-order chi connectivity index (χ1) is 8.13. The summed E-state index contributed by atoms with van der Waals surface area (Å²) in [5.41, 5.74) is 0. The molecule has 0 saturated heterocycles. The van der Waals surface area contributed by atoms with Crippen LogP contribution in [0.25, 0.3) is 0 Å². The molecule has 0 aliphatic rings. The molecule has 0 unspecified atom stereocenters. The second-order valence-electron chi connectivity index (χ2n) is 3.40. The van der Waals surface area contributed by atoms with Crippen LogP contribution in [0.4, 0.5) is 5.82 Å². The highest BCUT2D eigenvalue weighted by Crippen LogP contribution is 2.11. The maximum absolute atomic E-state index is 11.5. The molecule has 7 heteroatoms. The fourth-order valence-electron chi connectivity index (χ4n) is 1.18. The third kappa shape index (κ3) is 4.97. The minimum absolute atomic E-state index is 0.0979. The monoisotopic (exact) mass is 258 g/mol. The molecule has 1 heterocycles. The summed E-state index contributed by atoms with van der Waals surface area (Å²) in [4.78, 5) is 21.0. The normalized spacial score (nSPS) is 10.1. The molecule has 0 aromatic carbocycles. The highest BCUT2D eigenvalue weighted by atomic mass is 35.5. The van der Waals surface area contributed by atoms with Gasteiger partial charge in [-0.1, -0.05) is 11.6 Å². The summed E-state index contributed by atoms with van der Waals surface area (Å²) < 4.78 is 4.83. The van der Waals surface area contributed by atoms with E-state index in [1.807, 2.05) is 0 Å². The lowest BCUT2D eigenvalue weighted by Gasteiger charge is -2.17. The fourth-order valence-corrected chi connectivity index (χ4v) is 1.32. The van der Waals surface area contributed by atoms with Crippen LogP contribution in [0.2, 0.25) is 5.15 Å². The summed E-state index contributed by atoms with van der Waals surface area (Å²) in [6, 6.07) is 1.60. The summed E-state index contributed by atoms with van der Waals surface area (Å²) in [5, 5.41) is 3.07. The first kappa shape index (κ1) is 13.7. The van der Waals surface area contributed by atoms with Gasteiger partial charge in [-0.25, -0.2) is 9.97 Å². The molecule has 0 bridgehead atoms. The van der Waals surface area contributed by atoms with Gasteiger partial charge in [-0.2, -0.15) is 0 Å². The van der Waals surface area contributed by atoms with Gasteiger partial charge in [0.1, 0.15) is 17.3 Å². The van der Waals surface area contributed by atoms with E-state index in [4.69, 9.17) is 16.3 Å². The van der Waals surface area contributed by atoms with Crippen molar-refractivity contribution in [3.05, 3.63) is 17.5 Å². The molecule has 0 fully saturated rings. The van der Waals surface area contributed by atoms with Crippen molar-refractivity contribution in [2.24, 2.45) is 0 Å². The third-order valence-corrected chi connectivity index (χ3v) is 2.23.